The molecule has 0 saturated heterocycles. The first-order chi connectivity index (χ1) is 5.11. The highest BCUT2D eigenvalue weighted by Crippen LogP contribution is 2.15. The predicted octanol–water partition coefficient (Wildman–Crippen LogP) is 2.15. The molecule has 0 aromatic heterocycles. The monoisotopic (exact) mass is 153 g/mol. The topological polar surface area (TPSA) is 26.0 Å². The average molecular weight is 153 g/mol. The van der Waals surface area contributed by atoms with Crippen molar-refractivity contribution in [2.75, 3.05) is 0 Å². The minimum Gasteiger partial charge on any atom is -0.324 e. The van der Waals surface area contributed by atoms with Crippen LogP contribution >= 0.6 is 0 Å². The molecule has 60 valence electrons. The van der Waals surface area contributed by atoms with E-state index in [-0.39, 0.29) is 11.9 Å². The van der Waals surface area contributed by atoms with E-state index in [1.807, 2.05) is 13.8 Å². The standard InChI is InChI=1S/C9H12FN/c1-6-3-4-8(10)5-9(6)7(2)11/h3-5,7H,11H2,1-2H3/t7-/m1/s1. The van der Waals surface area contributed by atoms with E-state index >= 15 is 0 Å². The highest BCUT2D eigenvalue weighted by Gasteiger charge is 2.03. The van der Waals surface area contributed by atoms with E-state index in [9.17, 15) is 4.39 Å². The Morgan fingerprint density at radius 1 is 1.45 bits per heavy atom. The Morgan fingerprint density at radius 3 is 2.55 bits per heavy atom. The average Bonchev–Trinajstić information content (AvgIpc) is 1.94. The van der Waals surface area contributed by atoms with Crippen molar-refractivity contribution in [1.29, 1.82) is 0 Å². The Kier molecular flexibility index (Phi) is 2.25. The molecule has 1 atom stereocenters. The second-order valence-electron chi connectivity index (χ2n) is 2.79. The van der Waals surface area contributed by atoms with Crippen molar-refractivity contribution in [3.63, 3.8) is 0 Å². The van der Waals surface area contributed by atoms with Gasteiger partial charge in [-0.15, -0.1) is 0 Å². The first-order valence-corrected chi connectivity index (χ1v) is 3.63. The third kappa shape index (κ3) is 1.77. The predicted molar refractivity (Wildman–Crippen MR) is 43.7 cm³/mol. The van der Waals surface area contributed by atoms with Crippen molar-refractivity contribution >= 4 is 0 Å². The molecule has 0 spiro atoms. The summed E-state index contributed by atoms with van der Waals surface area (Å²) < 4.78 is 12.7. The molecule has 0 unspecified atom stereocenters. The van der Waals surface area contributed by atoms with Gasteiger partial charge in [0.25, 0.3) is 0 Å². The van der Waals surface area contributed by atoms with Gasteiger partial charge in [0, 0.05) is 6.04 Å². The minimum absolute atomic E-state index is 0.0919. The molecule has 0 bridgehead atoms. The quantitative estimate of drug-likeness (QED) is 0.657. The van der Waals surface area contributed by atoms with Gasteiger partial charge >= 0.3 is 0 Å². The summed E-state index contributed by atoms with van der Waals surface area (Å²) in [5.74, 6) is -0.220. The summed E-state index contributed by atoms with van der Waals surface area (Å²) in [6.45, 7) is 3.78. The van der Waals surface area contributed by atoms with Gasteiger partial charge in [-0.05, 0) is 37.1 Å². The van der Waals surface area contributed by atoms with Crippen molar-refractivity contribution in [3.8, 4) is 0 Å². The molecule has 0 saturated carbocycles. The van der Waals surface area contributed by atoms with E-state index in [1.54, 1.807) is 6.07 Å². The summed E-state index contributed by atoms with van der Waals surface area (Å²) >= 11 is 0. The molecule has 2 heteroatoms. The van der Waals surface area contributed by atoms with Gasteiger partial charge in [-0.3, -0.25) is 0 Å². The van der Waals surface area contributed by atoms with Gasteiger partial charge in [0.05, 0.1) is 0 Å². The molecular weight excluding hydrogens is 141 g/mol. The molecule has 0 radical (unpaired) electrons. The highest BCUT2D eigenvalue weighted by molar-refractivity contribution is 5.28. The van der Waals surface area contributed by atoms with E-state index in [4.69, 9.17) is 5.73 Å². The van der Waals surface area contributed by atoms with Crippen LogP contribution in [-0.4, -0.2) is 0 Å². The fraction of sp³-hybridized carbons (Fsp3) is 0.333. The SMILES string of the molecule is Cc1ccc(F)cc1[C@@H](C)N. The summed E-state index contributed by atoms with van der Waals surface area (Å²) in [5.41, 5.74) is 7.54. The molecule has 0 amide bonds. The molecule has 2 N–H and O–H groups in total. The van der Waals surface area contributed by atoms with E-state index in [1.165, 1.54) is 12.1 Å². The van der Waals surface area contributed by atoms with Crippen molar-refractivity contribution in [2.24, 2.45) is 5.73 Å². The molecule has 11 heavy (non-hydrogen) atoms. The van der Waals surface area contributed by atoms with Crippen LogP contribution < -0.4 is 5.73 Å². The summed E-state index contributed by atoms with van der Waals surface area (Å²) in [6.07, 6.45) is 0. The van der Waals surface area contributed by atoms with E-state index < -0.39 is 0 Å². The van der Waals surface area contributed by atoms with Gasteiger partial charge in [0.2, 0.25) is 0 Å². The van der Waals surface area contributed by atoms with E-state index in [0.29, 0.717) is 0 Å². The second-order valence-corrected chi connectivity index (χ2v) is 2.79. The molecule has 0 aliphatic rings. The molecule has 1 nitrogen and oxygen atoms in total. The smallest absolute Gasteiger partial charge is 0.123 e. The van der Waals surface area contributed by atoms with Crippen molar-refractivity contribution in [3.05, 3.63) is 35.1 Å². The van der Waals surface area contributed by atoms with Crippen molar-refractivity contribution in [1.82, 2.24) is 0 Å². The zero-order valence-corrected chi connectivity index (χ0v) is 6.76. The molecule has 0 fully saturated rings. The lowest BCUT2D eigenvalue weighted by molar-refractivity contribution is 0.621. The van der Waals surface area contributed by atoms with Gasteiger partial charge in [0.1, 0.15) is 5.82 Å². The molecular formula is C9H12FN. The fourth-order valence-electron chi connectivity index (χ4n) is 1.10. The third-order valence-electron chi connectivity index (χ3n) is 1.73. The van der Waals surface area contributed by atoms with Gasteiger partial charge in [0.15, 0.2) is 0 Å². The van der Waals surface area contributed by atoms with Crippen LogP contribution in [0.15, 0.2) is 18.2 Å². The van der Waals surface area contributed by atoms with E-state index in [0.717, 1.165) is 11.1 Å². The van der Waals surface area contributed by atoms with Crippen LogP contribution in [0.5, 0.6) is 0 Å². The Morgan fingerprint density at radius 2 is 2.09 bits per heavy atom. The minimum atomic E-state index is -0.220. The normalized spacial score (nSPS) is 13.1. The third-order valence-corrected chi connectivity index (χ3v) is 1.73. The van der Waals surface area contributed by atoms with Crippen LogP contribution in [0.4, 0.5) is 4.39 Å². The number of halogens is 1. The number of benzene rings is 1. The lowest BCUT2D eigenvalue weighted by Crippen LogP contribution is -2.07. The first kappa shape index (κ1) is 8.21. The summed E-state index contributed by atoms with van der Waals surface area (Å²) in [7, 11) is 0. The Bertz CT molecular complexity index is 256. The van der Waals surface area contributed by atoms with Gasteiger partial charge in [-0.25, -0.2) is 4.39 Å². The molecule has 1 aromatic rings. The Hall–Kier alpha value is -0.890. The maximum absolute atomic E-state index is 12.7. The van der Waals surface area contributed by atoms with Gasteiger partial charge in [-0.2, -0.15) is 0 Å². The summed E-state index contributed by atoms with van der Waals surface area (Å²) in [6, 6.07) is 4.58. The van der Waals surface area contributed by atoms with Crippen LogP contribution in [0.2, 0.25) is 0 Å². The highest BCUT2D eigenvalue weighted by atomic mass is 19.1. The van der Waals surface area contributed by atoms with Crippen LogP contribution in [0.1, 0.15) is 24.1 Å². The lowest BCUT2D eigenvalue weighted by Gasteiger charge is -2.08. The molecule has 0 aliphatic heterocycles. The summed E-state index contributed by atoms with van der Waals surface area (Å²) in [4.78, 5) is 0. The maximum atomic E-state index is 12.7. The molecule has 0 aliphatic carbocycles. The number of aryl methyl sites for hydroxylation is 1. The fourth-order valence-corrected chi connectivity index (χ4v) is 1.10. The van der Waals surface area contributed by atoms with Crippen molar-refractivity contribution < 1.29 is 4.39 Å². The largest absolute Gasteiger partial charge is 0.324 e. The van der Waals surface area contributed by atoms with Gasteiger partial charge in [-0.1, -0.05) is 6.07 Å². The maximum Gasteiger partial charge on any atom is 0.123 e. The second kappa shape index (κ2) is 3.01. The number of hydrogen-bond acceptors (Lipinski definition) is 1. The Labute approximate surface area is 66.0 Å². The van der Waals surface area contributed by atoms with Crippen LogP contribution in [0.3, 0.4) is 0 Å². The lowest BCUT2D eigenvalue weighted by atomic mass is 10.0. The van der Waals surface area contributed by atoms with Gasteiger partial charge < -0.3 is 5.73 Å². The summed E-state index contributed by atoms with van der Waals surface area (Å²) in [5, 5.41) is 0. The zero-order valence-electron chi connectivity index (χ0n) is 6.76. The van der Waals surface area contributed by atoms with Crippen LogP contribution in [-0.2, 0) is 0 Å². The number of nitrogens with two attached hydrogens (primary N) is 1. The van der Waals surface area contributed by atoms with E-state index in [2.05, 4.69) is 0 Å². The zero-order chi connectivity index (χ0) is 8.43. The van der Waals surface area contributed by atoms with Crippen molar-refractivity contribution in [2.45, 2.75) is 19.9 Å². The number of hydrogen-bond donors (Lipinski definition) is 1. The van der Waals surface area contributed by atoms with Crippen LogP contribution in [0, 0.1) is 12.7 Å². The van der Waals surface area contributed by atoms with Crippen LogP contribution in [0.25, 0.3) is 0 Å². The molecule has 0 heterocycles. The first-order valence-electron chi connectivity index (χ1n) is 3.63. The molecule has 1 rings (SSSR count). The molecule has 1 aromatic carbocycles. The number of rotatable bonds is 1. The Balaban J connectivity index is 3.13.